The third kappa shape index (κ3) is 4.69. The van der Waals surface area contributed by atoms with Gasteiger partial charge in [-0.3, -0.25) is 9.69 Å². The van der Waals surface area contributed by atoms with Gasteiger partial charge in [-0.15, -0.1) is 11.3 Å². The Bertz CT molecular complexity index is 953. The van der Waals surface area contributed by atoms with E-state index in [4.69, 9.17) is 9.84 Å². The molecular formula is C18H21FN2O5S2. The summed E-state index contributed by atoms with van der Waals surface area (Å²) in [6, 6.07) is 7.35. The van der Waals surface area contributed by atoms with Crippen molar-refractivity contribution in [3.05, 3.63) is 46.6 Å². The fraction of sp³-hybridized carbons (Fsp3) is 0.389. The number of aliphatic carboxylic acids is 1. The second-order valence-corrected chi connectivity index (χ2v) is 9.76. The third-order valence-electron chi connectivity index (χ3n) is 4.52. The van der Waals surface area contributed by atoms with E-state index in [1.165, 1.54) is 35.7 Å². The van der Waals surface area contributed by atoms with Crippen LogP contribution in [0.25, 0.3) is 0 Å². The summed E-state index contributed by atoms with van der Waals surface area (Å²) in [4.78, 5) is 13.3. The molecule has 0 atom stereocenters. The minimum absolute atomic E-state index is 0.156. The van der Waals surface area contributed by atoms with Crippen LogP contribution in [-0.2, 0) is 27.8 Å². The number of benzene rings is 1. The number of methoxy groups -OCH3 is 1. The lowest BCUT2D eigenvalue weighted by Crippen LogP contribution is -2.48. The molecule has 7 nitrogen and oxygen atoms in total. The number of carboxylic acids is 1. The number of hydrogen-bond acceptors (Lipinski definition) is 6. The Labute approximate surface area is 167 Å². The van der Waals surface area contributed by atoms with Crippen LogP contribution in [0.15, 0.2) is 34.5 Å². The van der Waals surface area contributed by atoms with E-state index >= 15 is 0 Å². The van der Waals surface area contributed by atoms with E-state index in [1.807, 2.05) is 4.90 Å². The van der Waals surface area contributed by atoms with Gasteiger partial charge in [-0.25, -0.2) is 12.8 Å². The number of ether oxygens (including phenoxy) is 1. The number of carbonyl (C=O) groups is 1. The highest BCUT2D eigenvalue weighted by Crippen LogP contribution is 2.27. The van der Waals surface area contributed by atoms with Gasteiger partial charge in [-0.1, -0.05) is 0 Å². The first-order valence-electron chi connectivity index (χ1n) is 8.65. The number of carboxylic acid groups (broad SMARTS) is 1. The molecule has 0 saturated carbocycles. The molecule has 1 aromatic carbocycles. The first-order chi connectivity index (χ1) is 13.3. The largest absolute Gasteiger partial charge is 0.496 e. The Kier molecular flexibility index (Phi) is 6.33. The summed E-state index contributed by atoms with van der Waals surface area (Å²) in [5.74, 6) is -0.736. The van der Waals surface area contributed by atoms with Crippen molar-refractivity contribution < 1.29 is 27.4 Å². The summed E-state index contributed by atoms with van der Waals surface area (Å²) in [6.45, 7) is 2.10. The standard InChI is InChI=1S/C18H21FN2O5S2/c1-26-16-4-2-14(19)10-13(16)12-20-6-8-21(9-7-20)28(24,25)18-5-3-15(27-18)11-17(22)23/h2-5,10H,6-9,11-12H2,1H3,(H,22,23). The molecule has 2 heterocycles. The van der Waals surface area contributed by atoms with Crippen molar-refractivity contribution in [3.63, 3.8) is 0 Å². The van der Waals surface area contributed by atoms with E-state index < -0.39 is 16.0 Å². The summed E-state index contributed by atoms with van der Waals surface area (Å²) in [6.07, 6.45) is -0.191. The zero-order chi connectivity index (χ0) is 20.3. The molecule has 28 heavy (non-hydrogen) atoms. The van der Waals surface area contributed by atoms with Crippen LogP contribution in [0.4, 0.5) is 4.39 Å². The van der Waals surface area contributed by atoms with Crippen LogP contribution in [0.3, 0.4) is 0 Å². The highest BCUT2D eigenvalue weighted by atomic mass is 32.2. The minimum Gasteiger partial charge on any atom is -0.496 e. The lowest BCUT2D eigenvalue weighted by Gasteiger charge is -2.33. The second-order valence-electron chi connectivity index (χ2n) is 6.43. The molecule has 0 unspecified atom stereocenters. The summed E-state index contributed by atoms with van der Waals surface area (Å²) in [5, 5.41) is 8.84. The predicted molar refractivity (Wildman–Crippen MR) is 103 cm³/mol. The van der Waals surface area contributed by atoms with Crippen molar-refractivity contribution in [1.82, 2.24) is 9.21 Å². The number of piperazine rings is 1. The molecule has 1 aliphatic heterocycles. The van der Waals surface area contributed by atoms with Crippen LogP contribution in [0.1, 0.15) is 10.4 Å². The highest BCUT2D eigenvalue weighted by molar-refractivity contribution is 7.91. The van der Waals surface area contributed by atoms with E-state index in [2.05, 4.69) is 0 Å². The van der Waals surface area contributed by atoms with Crippen LogP contribution >= 0.6 is 11.3 Å². The van der Waals surface area contributed by atoms with Gasteiger partial charge in [-0.05, 0) is 30.3 Å². The zero-order valence-corrected chi connectivity index (χ0v) is 16.9. The molecule has 0 aliphatic carbocycles. The van der Waals surface area contributed by atoms with Crippen molar-refractivity contribution in [2.75, 3.05) is 33.3 Å². The van der Waals surface area contributed by atoms with Crippen LogP contribution in [-0.4, -0.2) is 62.0 Å². The third-order valence-corrected chi connectivity index (χ3v) is 7.98. The molecule has 0 spiro atoms. The van der Waals surface area contributed by atoms with Gasteiger partial charge in [0.15, 0.2) is 0 Å². The maximum Gasteiger partial charge on any atom is 0.308 e. The molecule has 2 aromatic rings. The van der Waals surface area contributed by atoms with E-state index in [0.29, 0.717) is 43.4 Å². The number of hydrogen-bond donors (Lipinski definition) is 1. The fourth-order valence-corrected chi connectivity index (χ4v) is 6.03. The molecule has 1 fully saturated rings. The van der Waals surface area contributed by atoms with E-state index in [0.717, 1.165) is 16.9 Å². The normalized spacial score (nSPS) is 16.2. The molecule has 0 amide bonds. The summed E-state index contributed by atoms with van der Waals surface area (Å²) < 4.78 is 45.9. The van der Waals surface area contributed by atoms with Crippen molar-refractivity contribution in [3.8, 4) is 5.75 Å². The number of nitrogens with zero attached hydrogens (tertiary/aromatic N) is 2. The smallest absolute Gasteiger partial charge is 0.308 e. The number of sulfonamides is 1. The lowest BCUT2D eigenvalue weighted by atomic mass is 10.1. The number of thiophene rings is 1. The van der Waals surface area contributed by atoms with Crippen LogP contribution in [0.5, 0.6) is 5.75 Å². The summed E-state index contributed by atoms with van der Waals surface area (Å²) >= 11 is 0.989. The summed E-state index contributed by atoms with van der Waals surface area (Å²) in [7, 11) is -2.12. The molecule has 3 rings (SSSR count). The number of rotatable bonds is 7. The van der Waals surface area contributed by atoms with Gasteiger partial charge in [0.1, 0.15) is 15.8 Å². The van der Waals surface area contributed by atoms with Crippen molar-refractivity contribution in [1.29, 1.82) is 0 Å². The predicted octanol–water partition coefficient (Wildman–Crippen LogP) is 2.03. The topological polar surface area (TPSA) is 87.2 Å². The quantitative estimate of drug-likeness (QED) is 0.726. The molecular weight excluding hydrogens is 407 g/mol. The number of halogens is 1. The maximum absolute atomic E-state index is 13.5. The first kappa shape index (κ1) is 20.7. The molecule has 0 bridgehead atoms. The lowest BCUT2D eigenvalue weighted by molar-refractivity contribution is -0.136. The van der Waals surface area contributed by atoms with Crippen molar-refractivity contribution >= 4 is 27.3 Å². The van der Waals surface area contributed by atoms with E-state index in [1.54, 1.807) is 6.07 Å². The van der Waals surface area contributed by atoms with E-state index in [9.17, 15) is 17.6 Å². The Balaban J connectivity index is 1.64. The van der Waals surface area contributed by atoms with Crippen LogP contribution in [0, 0.1) is 5.82 Å². The summed E-state index contributed by atoms with van der Waals surface area (Å²) in [5.41, 5.74) is 0.718. The van der Waals surface area contributed by atoms with Gasteiger partial charge in [0.05, 0.1) is 13.5 Å². The SMILES string of the molecule is COc1ccc(F)cc1CN1CCN(S(=O)(=O)c2ccc(CC(=O)O)s2)CC1. The molecule has 1 saturated heterocycles. The average molecular weight is 429 g/mol. The average Bonchev–Trinajstić information content (AvgIpc) is 3.11. The Morgan fingerprint density at radius 3 is 2.57 bits per heavy atom. The molecule has 0 radical (unpaired) electrons. The molecule has 10 heteroatoms. The van der Waals surface area contributed by atoms with Crippen LogP contribution in [0.2, 0.25) is 0 Å². The van der Waals surface area contributed by atoms with E-state index in [-0.39, 0.29) is 16.4 Å². The van der Waals surface area contributed by atoms with Gasteiger partial charge in [0, 0.05) is 43.2 Å². The van der Waals surface area contributed by atoms with Gasteiger partial charge in [0.2, 0.25) is 0 Å². The monoisotopic (exact) mass is 428 g/mol. The van der Waals surface area contributed by atoms with Gasteiger partial charge in [0.25, 0.3) is 10.0 Å². The van der Waals surface area contributed by atoms with Crippen molar-refractivity contribution in [2.45, 2.75) is 17.2 Å². The van der Waals surface area contributed by atoms with Gasteiger partial charge in [-0.2, -0.15) is 4.31 Å². The molecule has 1 aliphatic rings. The first-order valence-corrected chi connectivity index (χ1v) is 10.9. The molecule has 152 valence electrons. The minimum atomic E-state index is -3.65. The van der Waals surface area contributed by atoms with Gasteiger partial charge < -0.3 is 9.84 Å². The highest BCUT2D eigenvalue weighted by Gasteiger charge is 2.30. The second kappa shape index (κ2) is 8.56. The van der Waals surface area contributed by atoms with Gasteiger partial charge >= 0.3 is 5.97 Å². The Hall–Kier alpha value is -2.01. The molecule has 1 N–H and O–H groups in total. The van der Waals surface area contributed by atoms with Crippen molar-refractivity contribution in [2.24, 2.45) is 0 Å². The maximum atomic E-state index is 13.5. The fourth-order valence-electron chi connectivity index (χ4n) is 3.11. The molecule has 1 aromatic heterocycles. The zero-order valence-electron chi connectivity index (χ0n) is 15.3. The Morgan fingerprint density at radius 2 is 1.93 bits per heavy atom. The van der Waals surface area contributed by atoms with Crippen LogP contribution < -0.4 is 4.74 Å². The Morgan fingerprint density at radius 1 is 1.21 bits per heavy atom.